The van der Waals surface area contributed by atoms with Crippen LogP contribution in [0.25, 0.3) is 0 Å². The highest BCUT2D eigenvalue weighted by Crippen LogP contribution is 2.27. The van der Waals surface area contributed by atoms with Crippen LogP contribution in [-0.4, -0.2) is 31.8 Å². The first-order valence-corrected chi connectivity index (χ1v) is 9.99. The van der Waals surface area contributed by atoms with E-state index in [9.17, 15) is 9.59 Å². The van der Waals surface area contributed by atoms with E-state index in [0.29, 0.717) is 37.5 Å². The molecule has 1 aliphatic heterocycles. The number of halogens is 4. The Morgan fingerprint density at radius 3 is 1.73 bits per heavy atom. The molecular weight excluding hydrogens is 472 g/mol. The van der Waals surface area contributed by atoms with Gasteiger partial charge < -0.3 is 5.11 Å². The van der Waals surface area contributed by atoms with Crippen molar-refractivity contribution in [2.24, 2.45) is 0 Å². The van der Waals surface area contributed by atoms with Crippen LogP contribution in [0.3, 0.4) is 0 Å². The highest BCUT2D eigenvalue weighted by Gasteiger charge is 2.35. The highest BCUT2D eigenvalue weighted by atomic mass is 35.5. The third-order valence-electron chi connectivity index (χ3n) is 4.18. The molecule has 6 nitrogen and oxygen atoms in total. The number of aromatic nitrogens is 2. The van der Waals surface area contributed by atoms with Crippen LogP contribution < -0.4 is 0 Å². The molecule has 30 heavy (non-hydrogen) atoms. The zero-order valence-corrected chi connectivity index (χ0v) is 18.2. The SMILES string of the molecule is O=C1c2ccccc2C(=O)N1Cc1cc(Cl)ncc1Cl.OCc1cc(Cl)ncc1Cl. The van der Waals surface area contributed by atoms with Crippen LogP contribution in [-0.2, 0) is 13.2 Å². The minimum Gasteiger partial charge on any atom is -0.392 e. The second-order valence-corrected chi connectivity index (χ2v) is 7.69. The molecule has 2 amide bonds. The van der Waals surface area contributed by atoms with Crippen molar-refractivity contribution < 1.29 is 14.7 Å². The van der Waals surface area contributed by atoms with Crippen molar-refractivity contribution in [1.82, 2.24) is 14.9 Å². The molecule has 1 aliphatic rings. The molecule has 3 aromatic rings. The van der Waals surface area contributed by atoms with Gasteiger partial charge in [-0.25, -0.2) is 9.97 Å². The summed E-state index contributed by atoms with van der Waals surface area (Å²) >= 11 is 22.9. The molecule has 1 N–H and O–H groups in total. The number of hydrogen-bond acceptors (Lipinski definition) is 5. The van der Waals surface area contributed by atoms with Crippen LogP contribution >= 0.6 is 46.4 Å². The molecule has 0 bridgehead atoms. The minimum atomic E-state index is -0.324. The smallest absolute Gasteiger partial charge is 0.261 e. The van der Waals surface area contributed by atoms with Gasteiger partial charge in [0, 0.05) is 18.0 Å². The predicted molar refractivity (Wildman–Crippen MR) is 115 cm³/mol. The number of rotatable bonds is 3. The van der Waals surface area contributed by atoms with Gasteiger partial charge >= 0.3 is 0 Å². The lowest BCUT2D eigenvalue weighted by atomic mass is 10.1. The predicted octanol–water partition coefficient (Wildman–Crippen LogP) is 5.07. The lowest BCUT2D eigenvalue weighted by molar-refractivity contribution is 0.0642. The van der Waals surface area contributed by atoms with E-state index in [4.69, 9.17) is 51.5 Å². The van der Waals surface area contributed by atoms with Gasteiger partial charge in [-0.15, -0.1) is 0 Å². The molecule has 3 heterocycles. The number of carbonyl (C=O) groups is 2. The Hall–Kier alpha value is -2.22. The molecular formula is C20H13Cl4N3O3. The van der Waals surface area contributed by atoms with E-state index in [1.54, 1.807) is 30.3 Å². The third-order valence-corrected chi connectivity index (χ3v) is 5.27. The molecule has 0 aliphatic carbocycles. The van der Waals surface area contributed by atoms with Crippen molar-refractivity contribution in [2.45, 2.75) is 13.2 Å². The monoisotopic (exact) mass is 483 g/mol. The maximum atomic E-state index is 12.2. The van der Waals surface area contributed by atoms with Crippen molar-refractivity contribution >= 4 is 58.2 Å². The third kappa shape index (κ3) is 4.91. The lowest BCUT2D eigenvalue weighted by Crippen LogP contribution is -2.29. The zero-order valence-electron chi connectivity index (χ0n) is 15.2. The summed E-state index contributed by atoms with van der Waals surface area (Å²) in [6.07, 6.45) is 2.81. The van der Waals surface area contributed by atoms with Crippen LogP contribution in [0.2, 0.25) is 20.4 Å². The van der Waals surface area contributed by atoms with Crippen LogP contribution in [0.4, 0.5) is 0 Å². The summed E-state index contributed by atoms with van der Waals surface area (Å²) in [6.45, 7) is -0.0332. The topological polar surface area (TPSA) is 83.4 Å². The fraction of sp³-hybridized carbons (Fsp3) is 0.100. The van der Waals surface area contributed by atoms with Gasteiger partial charge in [0.25, 0.3) is 11.8 Å². The summed E-state index contributed by atoms with van der Waals surface area (Å²) in [4.78, 5) is 33.1. The molecule has 0 saturated heterocycles. The summed E-state index contributed by atoms with van der Waals surface area (Å²) in [5.41, 5.74) is 2.00. The van der Waals surface area contributed by atoms with Crippen LogP contribution in [0, 0.1) is 0 Å². The van der Waals surface area contributed by atoms with E-state index in [1.807, 2.05) is 0 Å². The molecule has 1 aromatic carbocycles. The van der Waals surface area contributed by atoms with Crippen molar-refractivity contribution in [3.8, 4) is 0 Å². The zero-order chi connectivity index (χ0) is 21.8. The van der Waals surface area contributed by atoms with Crippen molar-refractivity contribution in [1.29, 1.82) is 0 Å². The van der Waals surface area contributed by atoms with E-state index in [-0.39, 0.29) is 30.1 Å². The number of hydrogen-bond donors (Lipinski definition) is 1. The van der Waals surface area contributed by atoms with Gasteiger partial charge in [0.05, 0.1) is 34.3 Å². The number of aliphatic hydroxyl groups excluding tert-OH is 1. The van der Waals surface area contributed by atoms with E-state index in [0.717, 1.165) is 4.90 Å². The summed E-state index contributed by atoms with van der Waals surface area (Å²) in [5.74, 6) is -0.649. The number of aliphatic hydroxyl groups is 1. The largest absolute Gasteiger partial charge is 0.392 e. The maximum absolute atomic E-state index is 12.2. The Morgan fingerprint density at radius 1 is 0.800 bits per heavy atom. The Balaban J connectivity index is 0.000000216. The van der Waals surface area contributed by atoms with Crippen molar-refractivity contribution in [3.05, 3.63) is 91.4 Å². The van der Waals surface area contributed by atoms with Gasteiger partial charge in [0.1, 0.15) is 10.3 Å². The molecule has 2 aromatic heterocycles. The second kappa shape index (κ2) is 9.73. The number of nitrogens with zero attached hydrogens (tertiary/aromatic N) is 3. The van der Waals surface area contributed by atoms with E-state index in [1.165, 1.54) is 18.5 Å². The maximum Gasteiger partial charge on any atom is 0.261 e. The molecule has 0 atom stereocenters. The average Bonchev–Trinajstić information content (AvgIpc) is 2.98. The Labute approximate surface area is 192 Å². The minimum absolute atomic E-state index is 0.0768. The summed E-state index contributed by atoms with van der Waals surface area (Å²) in [6, 6.07) is 9.80. The molecule has 0 fully saturated rings. The summed E-state index contributed by atoms with van der Waals surface area (Å²) < 4.78 is 0. The second-order valence-electron chi connectivity index (χ2n) is 6.10. The van der Waals surface area contributed by atoms with Crippen LogP contribution in [0.15, 0.2) is 48.8 Å². The molecule has 0 radical (unpaired) electrons. The number of carbonyl (C=O) groups excluding carboxylic acids is 2. The first-order valence-electron chi connectivity index (χ1n) is 8.47. The van der Waals surface area contributed by atoms with E-state index < -0.39 is 0 Å². The highest BCUT2D eigenvalue weighted by molar-refractivity contribution is 6.33. The van der Waals surface area contributed by atoms with Gasteiger partial charge in [-0.3, -0.25) is 14.5 Å². The fourth-order valence-electron chi connectivity index (χ4n) is 2.70. The number of imide groups is 1. The number of fused-ring (bicyclic) bond motifs is 1. The Bertz CT molecular complexity index is 1090. The van der Waals surface area contributed by atoms with Crippen molar-refractivity contribution in [2.75, 3.05) is 0 Å². The van der Waals surface area contributed by atoms with Gasteiger partial charge in [-0.1, -0.05) is 58.5 Å². The van der Waals surface area contributed by atoms with Gasteiger partial charge in [0.15, 0.2) is 0 Å². The van der Waals surface area contributed by atoms with Crippen LogP contribution in [0.5, 0.6) is 0 Å². The quantitative estimate of drug-likeness (QED) is 0.414. The van der Waals surface area contributed by atoms with Gasteiger partial charge in [-0.2, -0.15) is 0 Å². The van der Waals surface area contributed by atoms with Gasteiger partial charge in [-0.05, 0) is 29.8 Å². The standard InChI is InChI=1S/C14H8Cl2N2O2.C6H5Cl2NO/c15-11-6-17-12(16)5-8(11)7-18-13(19)9-3-1-2-4-10(9)14(18)20;7-5-2-9-6(8)1-4(5)3-10/h1-6H,7H2;1-2,10H,3H2. The number of amides is 2. The molecule has 10 heteroatoms. The van der Waals surface area contributed by atoms with E-state index >= 15 is 0 Å². The molecule has 4 rings (SSSR count). The summed E-state index contributed by atoms with van der Waals surface area (Å²) in [5, 5.41) is 10.1. The Kier molecular flexibility index (Phi) is 7.28. The number of benzene rings is 1. The van der Waals surface area contributed by atoms with Crippen LogP contribution in [0.1, 0.15) is 31.8 Å². The normalized spacial score (nSPS) is 12.5. The summed E-state index contributed by atoms with van der Waals surface area (Å²) in [7, 11) is 0. The van der Waals surface area contributed by atoms with Gasteiger partial charge in [0.2, 0.25) is 0 Å². The molecule has 0 unspecified atom stereocenters. The van der Waals surface area contributed by atoms with E-state index in [2.05, 4.69) is 9.97 Å². The molecule has 154 valence electrons. The lowest BCUT2D eigenvalue weighted by Gasteiger charge is -2.14. The van der Waals surface area contributed by atoms with Crippen molar-refractivity contribution in [3.63, 3.8) is 0 Å². The average molecular weight is 485 g/mol. The Morgan fingerprint density at radius 2 is 1.27 bits per heavy atom. The molecule has 0 spiro atoms. The molecule has 0 saturated carbocycles. The fourth-order valence-corrected chi connectivity index (χ4v) is 3.39. The number of pyridine rings is 2. The first kappa shape index (κ1) is 22.5. The first-order chi connectivity index (χ1) is 14.3.